The molecule has 1 aromatic rings. The minimum absolute atomic E-state index is 0.0128. The highest BCUT2D eigenvalue weighted by atomic mass is 16.1. The molecule has 0 saturated heterocycles. The maximum Gasteiger partial charge on any atom is 0.251 e. The zero-order chi connectivity index (χ0) is 11.8. The molecular formula is C14H19NO. The third kappa shape index (κ3) is 4.30. The van der Waals surface area contributed by atoms with E-state index in [1.165, 1.54) is 5.57 Å². The van der Waals surface area contributed by atoms with Crippen molar-refractivity contribution >= 4 is 5.91 Å². The number of hydrogen-bond acceptors (Lipinski definition) is 1. The Morgan fingerprint density at radius 1 is 1.31 bits per heavy atom. The zero-order valence-electron chi connectivity index (χ0n) is 9.99. The van der Waals surface area contributed by atoms with Gasteiger partial charge in [-0.1, -0.05) is 43.2 Å². The van der Waals surface area contributed by atoms with E-state index >= 15 is 0 Å². The lowest BCUT2D eigenvalue weighted by Gasteiger charge is -2.03. The van der Waals surface area contributed by atoms with Crippen molar-refractivity contribution < 1.29 is 4.79 Å². The highest BCUT2D eigenvalue weighted by Gasteiger charge is 2.01. The van der Waals surface area contributed by atoms with Gasteiger partial charge >= 0.3 is 0 Å². The van der Waals surface area contributed by atoms with Crippen LogP contribution in [-0.4, -0.2) is 12.5 Å². The summed E-state index contributed by atoms with van der Waals surface area (Å²) in [6, 6.07) is 9.28. The van der Waals surface area contributed by atoms with Crippen LogP contribution >= 0.6 is 0 Å². The molecule has 0 heterocycles. The fraction of sp³-hybridized carbons (Fsp3) is 0.357. The molecule has 1 N–H and O–H groups in total. The van der Waals surface area contributed by atoms with E-state index < -0.39 is 0 Å². The van der Waals surface area contributed by atoms with Gasteiger partial charge in [-0.3, -0.25) is 4.79 Å². The Balaban J connectivity index is 2.39. The fourth-order valence-electron chi connectivity index (χ4n) is 1.51. The molecule has 1 aromatic carbocycles. The standard InChI is InChI=1S/C14H19NO/c1-3-7-12(2)10-11-15-14(16)13-8-5-4-6-9-13/h4-6,8-10H,3,7,11H2,1-2H3,(H,15,16)/b12-10-. The van der Waals surface area contributed by atoms with Gasteiger partial charge in [0.15, 0.2) is 0 Å². The van der Waals surface area contributed by atoms with Crippen molar-refractivity contribution in [3.8, 4) is 0 Å². The molecule has 0 saturated carbocycles. The van der Waals surface area contributed by atoms with Crippen molar-refractivity contribution in [1.29, 1.82) is 0 Å². The topological polar surface area (TPSA) is 29.1 Å². The second-order valence-electron chi connectivity index (χ2n) is 3.88. The molecule has 0 aliphatic heterocycles. The first-order valence-corrected chi connectivity index (χ1v) is 5.73. The van der Waals surface area contributed by atoms with E-state index in [-0.39, 0.29) is 5.91 Å². The minimum atomic E-state index is -0.0128. The number of rotatable bonds is 5. The van der Waals surface area contributed by atoms with E-state index in [1.54, 1.807) is 0 Å². The monoisotopic (exact) mass is 217 g/mol. The van der Waals surface area contributed by atoms with Crippen molar-refractivity contribution in [3.05, 3.63) is 47.5 Å². The first-order valence-electron chi connectivity index (χ1n) is 5.73. The third-order valence-corrected chi connectivity index (χ3v) is 2.39. The maximum absolute atomic E-state index is 11.6. The van der Waals surface area contributed by atoms with Crippen LogP contribution in [0.3, 0.4) is 0 Å². The molecule has 16 heavy (non-hydrogen) atoms. The van der Waals surface area contributed by atoms with Gasteiger partial charge in [0.25, 0.3) is 5.91 Å². The lowest BCUT2D eigenvalue weighted by atomic mass is 10.1. The van der Waals surface area contributed by atoms with Crippen LogP contribution in [0.4, 0.5) is 0 Å². The first-order chi connectivity index (χ1) is 7.74. The molecule has 1 amide bonds. The summed E-state index contributed by atoms with van der Waals surface area (Å²) in [4.78, 5) is 11.6. The Morgan fingerprint density at radius 3 is 2.62 bits per heavy atom. The smallest absolute Gasteiger partial charge is 0.251 e. The van der Waals surface area contributed by atoms with Crippen molar-refractivity contribution in [1.82, 2.24) is 5.32 Å². The van der Waals surface area contributed by atoms with Crippen LogP contribution in [0.2, 0.25) is 0 Å². The number of hydrogen-bond donors (Lipinski definition) is 1. The number of allylic oxidation sites excluding steroid dienone is 1. The van der Waals surface area contributed by atoms with Crippen molar-refractivity contribution in [3.63, 3.8) is 0 Å². The highest BCUT2D eigenvalue weighted by Crippen LogP contribution is 2.02. The highest BCUT2D eigenvalue weighted by molar-refractivity contribution is 5.94. The van der Waals surface area contributed by atoms with Crippen LogP contribution in [0, 0.1) is 0 Å². The van der Waals surface area contributed by atoms with Crippen LogP contribution in [-0.2, 0) is 0 Å². The largest absolute Gasteiger partial charge is 0.349 e. The van der Waals surface area contributed by atoms with E-state index in [0.29, 0.717) is 12.1 Å². The minimum Gasteiger partial charge on any atom is -0.349 e. The van der Waals surface area contributed by atoms with Gasteiger partial charge in [-0.2, -0.15) is 0 Å². The van der Waals surface area contributed by atoms with Gasteiger partial charge in [0.05, 0.1) is 0 Å². The Labute approximate surface area is 97.4 Å². The molecule has 0 spiro atoms. The van der Waals surface area contributed by atoms with Gasteiger partial charge < -0.3 is 5.32 Å². The molecular weight excluding hydrogens is 198 g/mol. The number of carbonyl (C=O) groups excluding carboxylic acids is 1. The zero-order valence-corrected chi connectivity index (χ0v) is 9.99. The predicted molar refractivity (Wildman–Crippen MR) is 67.4 cm³/mol. The lowest BCUT2D eigenvalue weighted by Crippen LogP contribution is -2.23. The quantitative estimate of drug-likeness (QED) is 0.754. The Kier molecular flexibility index (Phi) is 5.34. The molecule has 0 unspecified atom stereocenters. The Bertz CT molecular complexity index is 354. The van der Waals surface area contributed by atoms with Crippen LogP contribution in [0.15, 0.2) is 42.0 Å². The van der Waals surface area contributed by atoms with E-state index in [4.69, 9.17) is 0 Å². The van der Waals surface area contributed by atoms with Crippen LogP contribution in [0.1, 0.15) is 37.0 Å². The molecule has 86 valence electrons. The van der Waals surface area contributed by atoms with E-state index in [1.807, 2.05) is 30.3 Å². The molecule has 2 heteroatoms. The van der Waals surface area contributed by atoms with Gasteiger partial charge in [0, 0.05) is 12.1 Å². The van der Waals surface area contributed by atoms with Crippen molar-refractivity contribution in [2.75, 3.05) is 6.54 Å². The van der Waals surface area contributed by atoms with Gasteiger partial charge in [-0.25, -0.2) is 0 Å². The van der Waals surface area contributed by atoms with Crippen LogP contribution in [0.25, 0.3) is 0 Å². The van der Waals surface area contributed by atoms with Crippen molar-refractivity contribution in [2.24, 2.45) is 0 Å². The van der Waals surface area contributed by atoms with Gasteiger partial charge in [-0.05, 0) is 25.5 Å². The average Bonchev–Trinajstić information content (AvgIpc) is 2.30. The summed E-state index contributed by atoms with van der Waals surface area (Å²) in [5, 5.41) is 2.87. The molecule has 0 aromatic heterocycles. The molecule has 0 atom stereocenters. The third-order valence-electron chi connectivity index (χ3n) is 2.39. The summed E-state index contributed by atoms with van der Waals surface area (Å²) in [7, 11) is 0. The van der Waals surface area contributed by atoms with Gasteiger partial charge in [-0.15, -0.1) is 0 Å². The molecule has 0 aliphatic rings. The Hall–Kier alpha value is -1.57. The first kappa shape index (κ1) is 12.5. The number of amides is 1. The number of benzene rings is 1. The second-order valence-corrected chi connectivity index (χ2v) is 3.88. The normalized spacial score (nSPS) is 11.2. The van der Waals surface area contributed by atoms with Crippen LogP contribution < -0.4 is 5.32 Å². The summed E-state index contributed by atoms with van der Waals surface area (Å²) in [5.74, 6) is -0.0128. The summed E-state index contributed by atoms with van der Waals surface area (Å²) in [6.45, 7) is 4.86. The Morgan fingerprint density at radius 2 is 2.00 bits per heavy atom. The van der Waals surface area contributed by atoms with Gasteiger partial charge in [0.1, 0.15) is 0 Å². The predicted octanol–water partition coefficient (Wildman–Crippen LogP) is 3.16. The molecule has 0 aliphatic carbocycles. The molecule has 2 nitrogen and oxygen atoms in total. The summed E-state index contributed by atoms with van der Waals surface area (Å²) < 4.78 is 0. The number of nitrogens with one attached hydrogen (secondary N) is 1. The molecule has 1 rings (SSSR count). The maximum atomic E-state index is 11.6. The lowest BCUT2D eigenvalue weighted by molar-refractivity contribution is 0.0958. The fourth-order valence-corrected chi connectivity index (χ4v) is 1.51. The summed E-state index contributed by atoms with van der Waals surface area (Å²) in [5.41, 5.74) is 2.04. The van der Waals surface area contributed by atoms with Gasteiger partial charge in [0.2, 0.25) is 0 Å². The second kappa shape index (κ2) is 6.83. The average molecular weight is 217 g/mol. The van der Waals surface area contributed by atoms with Crippen LogP contribution in [0.5, 0.6) is 0 Å². The molecule has 0 bridgehead atoms. The van der Waals surface area contributed by atoms with E-state index in [2.05, 4.69) is 25.2 Å². The summed E-state index contributed by atoms with van der Waals surface area (Å²) in [6.07, 6.45) is 4.32. The number of carbonyl (C=O) groups is 1. The van der Waals surface area contributed by atoms with Crippen molar-refractivity contribution in [2.45, 2.75) is 26.7 Å². The van der Waals surface area contributed by atoms with E-state index in [9.17, 15) is 4.79 Å². The van der Waals surface area contributed by atoms with E-state index in [0.717, 1.165) is 12.8 Å². The summed E-state index contributed by atoms with van der Waals surface area (Å²) >= 11 is 0. The molecule has 0 radical (unpaired) electrons. The SMILES string of the molecule is CCC/C(C)=C\CNC(=O)c1ccccc1. The molecule has 0 fully saturated rings.